The lowest BCUT2D eigenvalue weighted by molar-refractivity contribution is -0.137. The molecule has 4 aromatic rings. The first kappa shape index (κ1) is 19.4. The molecular formula is C18H14F3N5OS2. The van der Waals surface area contributed by atoms with Gasteiger partial charge in [0.25, 0.3) is 0 Å². The predicted octanol–water partition coefficient (Wildman–Crippen LogP) is 4.90. The minimum absolute atomic E-state index is 0.0760. The summed E-state index contributed by atoms with van der Waals surface area (Å²) in [7, 11) is 0. The van der Waals surface area contributed by atoms with Crippen molar-refractivity contribution in [1.29, 1.82) is 0 Å². The van der Waals surface area contributed by atoms with Crippen molar-refractivity contribution in [3.63, 3.8) is 0 Å². The Hall–Kier alpha value is -2.92. The molecule has 0 fully saturated rings. The summed E-state index contributed by atoms with van der Waals surface area (Å²) in [5.74, 6) is 0.656. The highest BCUT2D eigenvalue weighted by Gasteiger charge is 2.30. The van der Waals surface area contributed by atoms with Gasteiger partial charge in [-0.3, -0.25) is 0 Å². The number of halogens is 3. The Morgan fingerprint density at radius 2 is 2.03 bits per heavy atom. The van der Waals surface area contributed by atoms with E-state index in [-0.39, 0.29) is 5.69 Å². The molecular weight excluding hydrogens is 423 g/mol. The summed E-state index contributed by atoms with van der Waals surface area (Å²) in [4.78, 5) is 18.2. The fourth-order valence-electron chi connectivity index (χ4n) is 2.66. The molecule has 6 nitrogen and oxygen atoms in total. The zero-order chi connectivity index (χ0) is 20.4. The van der Waals surface area contributed by atoms with E-state index in [2.05, 4.69) is 20.7 Å². The van der Waals surface area contributed by atoms with Gasteiger partial charge < -0.3 is 10.6 Å². The average Bonchev–Trinajstić information content (AvgIpc) is 3.39. The maximum atomic E-state index is 12.7. The molecule has 1 aromatic carbocycles. The van der Waals surface area contributed by atoms with Crippen molar-refractivity contribution < 1.29 is 18.0 Å². The van der Waals surface area contributed by atoms with E-state index < -0.39 is 17.8 Å². The Kier molecular flexibility index (Phi) is 5.24. The molecule has 0 saturated carbocycles. The first-order valence-electron chi connectivity index (χ1n) is 8.49. The van der Waals surface area contributed by atoms with Gasteiger partial charge in [-0.05, 0) is 29.6 Å². The van der Waals surface area contributed by atoms with Crippen LogP contribution in [-0.4, -0.2) is 27.2 Å². The SMILES string of the molecule is O=C(NCCc1csc2nc(-c3cccs3)nn12)Nc1cccc(C(F)(F)F)c1. The van der Waals surface area contributed by atoms with Crippen molar-refractivity contribution in [1.82, 2.24) is 19.9 Å². The highest BCUT2D eigenvalue weighted by molar-refractivity contribution is 7.15. The number of hydrogen-bond acceptors (Lipinski definition) is 5. The molecule has 0 saturated heterocycles. The highest BCUT2D eigenvalue weighted by Crippen LogP contribution is 2.30. The van der Waals surface area contributed by atoms with E-state index in [9.17, 15) is 18.0 Å². The molecule has 3 heterocycles. The number of hydrogen-bond donors (Lipinski definition) is 2. The number of thiophene rings is 1. The largest absolute Gasteiger partial charge is 0.416 e. The number of alkyl halides is 3. The van der Waals surface area contributed by atoms with E-state index in [1.165, 1.54) is 23.5 Å². The third-order valence-corrected chi connectivity index (χ3v) is 5.74. The molecule has 4 rings (SSSR count). The number of rotatable bonds is 5. The Labute approximate surface area is 171 Å². The number of benzene rings is 1. The third-order valence-electron chi connectivity index (χ3n) is 4.01. The molecule has 0 spiro atoms. The van der Waals surface area contributed by atoms with E-state index in [4.69, 9.17) is 0 Å². The first-order valence-corrected chi connectivity index (χ1v) is 10.3. The number of nitrogens with one attached hydrogen (secondary N) is 2. The summed E-state index contributed by atoms with van der Waals surface area (Å²) in [5, 5.41) is 13.4. The minimum atomic E-state index is -4.46. The van der Waals surface area contributed by atoms with Crippen LogP contribution >= 0.6 is 22.7 Å². The number of urea groups is 1. The van der Waals surface area contributed by atoms with Crippen LogP contribution in [0.25, 0.3) is 15.7 Å². The van der Waals surface area contributed by atoms with Crippen molar-refractivity contribution in [3.05, 3.63) is 58.4 Å². The molecule has 150 valence electrons. The van der Waals surface area contributed by atoms with Gasteiger partial charge in [0.15, 0.2) is 5.82 Å². The van der Waals surface area contributed by atoms with E-state index in [0.717, 1.165) is 27.7 Å². The Morgan fingerprint density at radius 1 is 1.17 bits per heavy atom. The second kappa shape index (κ2) is 7.84. The lowest BCUT2D eigenvalue weighted by Crippen LogP contribution is -2.30. The summed E-state index contributed by atoms with van der Waals surface area (Å²) in [6, 6.07) is 7.80. The van der Waals surface area contributed by atoms with Crippen LogP contribution in [0.1, 0.15) is 11.3 Å². The van der Waals surface area contributed by atoms with Crippen LogP contribution in [0.15, 0.2) is 47.2 Å². The Bertz CT molecular complexity index is 1130. The smallest absolute Gasteiger partial charge is 0.337 e. The zero-order valence-corrected chi connectivity index (χ0v) is 16.4. The van der Waals surface area contributed by atoms with Gasteiger partial charge in [-0.1, -0.05) is 12.1 Å². The van der Waals surface area contributed by atoms with E-state index in [1.54, 1.807) is 15.9 Å². The molecule has 0 radical (unpaired) electrons. The van der Waals surface area contributed by atoms with Crippen LogP contribution in [0, 0.1) is 0 Å². The molecule has 3 aromatic heterocycles. The molecule has 2 amide bonds. The monoisotopic (exact) mass is 437 g/mol. The summed E-state index contributed by atoms with van der Waals surface area (Å²) < 4.78 is 40.0. The maximum Gasteiger partial charge on any atom is 0.416 e. The maximum absolute atomic E-state index is 12.7. The van der Waals surface area contributed by atoms with Gasteiger partial charge >= 0.3 is 12.2 Å². The number of thiazole rings is 1. The fraction of sp³-hybridized carbons (Fsp3) is 0.167. The third kappa shape index (κ3) is 4.40. The predicted molar refractivity (Wildman–Crippen MR) is 106 cm³/mol. The molecule has 0 atom stereocenters. The van der Waals surface area contributed by atoms with Gasteiger partial charge in [0, 0.05) is 24.0 Å². The standard InChI is InChI=1S/C18H14F3N5OS2/c19-18(20,21)11-3-1-4-12(9-11)23-16(27)22-7-6-13-10-29-17-24-15(25-26(13)17)14-5-2-8-28-14/h1-5,8-10H,6-7H2,(H2,22,23,27). The van der Waals surface area contributed by atoms with Crippen LogP contribution in [-0.2, 0) is 12.6 Å². The van der Waals surface area contributed by atoms with Crippen LogP contribution in [0.5, 0.6) is 0 Å². The van der Waals surface area contributed by atoms with Gasteiger partial charge in [0.1, 0.15) is 0 Å². The van der Waals surface area contributed by atoms with Gasteiger partial charge in [0.05, 0.1) is 16.1 Å². The minimum Gasteiger partial charge on any atom is -0.337 e. The summed E-state index contributed by atoms with van der Waals surface area (Å²) in [6.07, 6.45) is -3.96. The average molecular weight is 437 g/mol. The number of fused-ring (bicyclic) bond motifs is 1. The molecule has 11 heteroatoms. The van der Waals surface area contributed by atoms with E-state index in [0.29, 0.717) is 18.8 Å². The van der Waals surface area contributed by atoms with E-state index in [1.807, 2.05) is 22.9 Å². The van der Waals surface area contributed by atoms with Crippen molar-refractivity contribution in [2.45, 2.75) is 12.6 Å². The van der Waals surface area contributed by atoms with E-state index >= 15 is 0 Å². The Balaban J connectivity index is 1.35. The van der Waals surface area contributed by atoms with Crippen LogP contribution < -0.4 is 10.6 Å². The lowest BCUT2D eigenvalue weighted by atomic mass is 10.2. The zero-order valence-electron chi connectivity index (χ0n) is 14.7. The highest BCUT2D eigenvalue weighted by atomic mass is 32.1. The number of carbonyl (C=O) groups excluding carboxylic acids is 1. The van der Waals surface area contributed by atoms with Crippen LogP contribution in [0.3, 0.4) is 0 Å². The first-order chi connectivity index (χ1) is 13.9. The molecule has 2 N–H and O–H groups in total. The number of nitrogens with zero attached hydrogens (tertiary/aromatic N) is 3. The molecule has 0 bridgehead atoms. The second-order valence-corrected chi connectivity index (χ2v) is 7.83. The van der Waals surface area contributed by atoms with Crippen LogP contribution in [0.2, 0.25) is 0 Å². The topological polar surface area (TPSA) is 71.3 Å². The summed E-state index contributed by atoms with van der Waals surface area (Å²) >= 11 is 3.01. The van der Waals surface area contributed by atoms with Crippen molar-refractivity contribution in [2.75, 3.05) is 11.9 Å². The molecule has 29 heavy (non-hydrogen) atoms. The lowest BCUT2D eigenvalue weighted by Gasteiger charge is -2.10. The number of aromatic nitrogens is 3. The van der Waals surface area contributed by atoms with Crippen molar-refractivity contribution in [2.24, 2.45) is 0 Å². The normalized spacial score (nSPS) is 11.7. The number of anilines is 1. The number of carbonyl (C=O) groups is 1. The molecule has 0 aliphatic heterocycles. The molecule has 0 aliphatic carbocycles. The van der Waals surface area contributed by atoms with Gasteiger partial charge in [-0.2, -0.15) is 18.2 Å². The second-order valence-electron chi connectivity index (χ2n) is 6.04. The van der Waals surface area contributed by atoms with Gasteiger partial charge in [-0.15, -0.1) is 27.8 Å². The summed E-state index contributed by atoms with van der Waals surface area (Å²) in [6.45, 7) is 0.296. The molecule has 0 aliphatic rings. The van der Waals surface area contributed by atoms with Gasteiger partial charge in [0.2, 0.25) is 4.96 Å². The Morgan fingerprint density at radius 3 is 2.79 bits per heavy atom. The van der Waals surface area contributed by atoms with Crippen LogP contribution in [0.4, 0.5) is 23.7 Å². The summed E-state index contributed by atoms with van der Waals surface area (Å²) in [5.41, 5.74) is 0.149. The molecule has 0 unspecified atom stereocenters. The van der Waals surface area contributed by atoms with Gasteiger partial charge in [-0.25, -0.2) is 9.31 Å². The van der Waals surface area contributed by atoms with Crippen molar-refractivity contribution >= 4 is 39.4 Å². The fourth-order valence-corrected chi connectivity index (χ4v) is 4.17. The number of amides is 2. The quantitative estimate of drug-likeness (QED) is 0.466. The van der Waals surface area contributed by atoms with Crippen molar-refractivity contribution in [3.8, 4) is 10.7 Å².